The monoisotopic (exact) mass is 1460 g/mol. The van der Waals surface area contributed by atoms with E-state index in [2.05, 4.69) is 112 Å². The summed E-state index contributed by atoms with van der Waals surface area (Å²) in [5.41, 5.74) is 4.47. The van der Waals surface area contributed by atoms with Crippen molar-refractivity contribution in [2.24, 2.45) is 91.0 Å². The highest BCUT2D eigenvalue weighted by Gasteiger charge is 2.33. The highest BCUT2D eigenvalue weighted by molar-refractivity contribution is 7.78. The van der Waals surface area contributed by atoms with Gasteiger partial charge in [0.25, 0.3) is 0 Å². The summed E-state index contributed by atoms with van der Waals surface area (Å²) in [6.07, 6.45) is 58.5. The van der Waals surface area contributed by atoms with Crippen LogP contribution >= 0.6 is 48.9 Å². The molecule has 0 aliphatic heterocycles. The molecule has 6 aliphatic rings. The van der Waals surface area contributed by atoms with Gasteiger partial charge in [0.05, 0.1) is 20.6 Å². The van der Waals surface area contributed by atoms with E-state index in [-0.39, 0.29) is 28.8 Å². The summed E-state index contributed by atoms with van der Waals surface area (Å²) in [5, 5.41) is 8.71. The average molecular weight is 1460 g/mol. The minimum Gasteiger partial charge on any atom is -0.205 e. The standard InChI is InChI=1S/C26H38FNS.C24H34FNS.C20H28FNS.C18H23F2NS/c1-2-3-4-5-20-8-13-23(14-9-20)24-15-10-21(11-16-24)6-7-22-12-17-26(28-19-29)25(27)18-22;1-2-3-18-6-11-21(12-7-18)22-13-8-19(9-14-22)4-5-20-10-15-24(26-17-27)23(25)16-20;1-2-3-4-5-16-6-8-17(9-7-16)10-11-18-12-13-20(22-15-23)19(21)14-18;1-2-3-13-4-6-14(7-5-13)8-9-15-10-16(19)18(21-12-22)17(20)11-15/h12,17-18,20-21,23-24H,2-11,13-16H2,1H3;10,15-16,18-19,21-22H,2-9,11-14H2,1H3;12-14,16-17H,2-11H2,1H3;10-11,13-14H,2-9H2,1H3. The Balaban J connectivity index is 0.000000190. The van der Waals surface area contributed by atoms with Crippen LogP contribution in [0, 0.1) is 100 Å². The van der Waals surface area contributed by atoms with Gasteiger partial charge in [-0.1, -0.05) is 226 Å². The molecule has 0 N–H and O–H groups in total. The molecule has 0 aromatic heterocycles. The molecule has 0 bridgehead atoms. The molecule has 101 heavy (non-hydrogen) atoms. The first-order chi connectivity index (χ1) is 49.2. The third-order valence-electron chi connectivity index (χ3n) is 24.8. The highest BCUT2D eigenvalue weighted by Crippen LogP contribution is 2.46. The predicted octanol–water partition coefficient (Wildman–Crippen LogP) is 29.7. The second kappa shape index (κ2) is 48.0. The summed E-state index contributed by atoms with van der Waals surface area (Å²) in [5.74, 6) is 8.84. The van der Waals surface area contributed by atoms with E-state index < -0.39 is 11.6 Å². The molecular formula is C88H123F5N4S4. The fourth-order valence-electron chi connectivity index (χ4n) is 18.5. The van der Waals surface area contributed by atoms with E-state index in [1.54, 1.807) is 36.4 Å². The third kappa shape index (κ3) is 30.3. The van der Waals surface area contributed by atoms with Crippen LogP contribution in [-0.2, 0) is 25.7 Å². The Morgan fingerprint density at radius 3 is 0.762 bits per heavy atom. The van der Waals surface area contributed by atoms with E-state index in [9.17, 15) is 22.0 Å². The molecule has 4 nitrogen and oxygen atoms in total. The van der Waals surface area contributed by atoms with E-state index in [4.69, 9.17) is 0 Å². The Morgan fingerprint density at radius 1 is 0.277 bits per heavy atom. The Hall–Kier alpha value is -4.27. The van der Waals surface area contributed by atoms with Crippen LogP contribution in [0.1, 0.15) is 307 Å². The molecule has 10 rings (SSSR count). The molecule has 6 aliphatic carbocycles. The van der Waals surface area contributed by atoms with Gasteiger partial charge >= 0.3 is 0 Å². The number of nitrogens with zero attached hydrogens (tertiary/aromatic N) is 4. The van der Waals surface area contributed by atoms with Crippen LogP contribution in [0.25, 0.3) is 0 Å². The number of hydrogen-bond acceptors (Lipinski definition) is 8. The summed E-state index contributed by atoms with van der Waals surface area (Å²) < 4.78 is 69.3. The van der Waals surface area contributed by atoms with Crippen LogP contribution in [0.2, 0.25) is 0 Å². The molecule has 0 atom stereocenters. The maximum absolute atomic E-state index is 14.0. The van der Waals surface area contributed by atoms with Gasteiger partial charge in [-0.2, -0.15) is 20.0 Å². The maximum atomic E-state index is 14.0. The lowest BCUT2D eigenvalue weighted by molar-refractivity contribution is 0.140. The fraction of sp³-hybridized carbons (Fsp3) is 0.682. The molecule has 6 saturated carbocycles. The van der Waals surface area contributed by atoms with Gasteiger partial charge in [0.1, 0.15) is 40.2 Å². The quantitative estimate of drug-likeness (QED) is 0.0226. The van der Waals surface area contributed by atoms with E-state index in [0.29, 0.717) is 22.9 Å². The molecule has 0 unspecified atom stereocenters. The first kappa shape index (κ1) is 84.0. The number of unbranched alkanes of at least 4 members (excludes halogenated alkanes) is 4. The van der Waals surface area contributed by atoms with Gasteiger partial charge in [-0.05, 0) is 293 Å². The number of thiocarbonyl (C=S) groups is 4. The van der Waals surface area contributed by atoms with Crippen molar-refractivity contribution in [2.75, 3.05) is 0 Å². The lowest BCUT2D eigenvalue weighted by Crippen LogP contribution is -2.26. The Bertz CT molecular complexity index is 3210. The number of isothiocyanates is 4. The van der Waals surface area contributed by atoms with Crippen LogP contribution in [0.15, 0.2) is 86.7 Å². The lowest BCUT2D eigenvalue weighted by atomic mass is 9.68. The zero-order valence-electron chi connectivity index (χ0n) is 62.2. The molecule has 4 aromatic rings. The highest BCUT2D eigenvalue weighted by atomic mass is 32.1. The Kier molecular flexibility index (Phi) is 39.9. The van der Waals surface area contributed by atoms with E-state index in [1.807, 2.05) is 23.4 Å². The van der Waals surface area contributed by atoms with Crippen molar-refractivity contribution in [3.8, 4) is 0 Å². The maximum Gasteiger partial charge on any atom is 0.152 e. The topological polar surface area (TPSA) is 49.4 Å². The van der Waals surface area contributed by atoms with Crippen molar-refractivity contribution >= 4 is 92.3 Å². The van der Waals surface area contributed by atoms with Crippen molar-refractivity contribution < 1.29 is 22.0 Å². The first-order valence-corrected chi connectivity index (χ1v) is 42.0. The molecule has 13 heteroatoms. The minimum atomic E-state index is -0.654. The van der Waals surface area contributed by atoms with Gasteiger partial charge in [-0.25, -0.2) is 22.0 Å². The molecule has 0 amide bonds. The molecular weight excluding hydrogens is 1340 g/mol. The zero-order valence-corrected chi connectivity index (χ0v) is 65.5. The number of aryl methyl sites for hydroxylation is 4. The Morgan fingerprint density at radius 2 is 0.515 bits per heavy atom. The van der Waals surface area contributed by atoms with Crippen LogP contribution in [-0.4, -0.2) is 20.6 Å². The van der Waals surface area contributed by atoms with Crippen LogP contribution in [0.5, 0.6) is 0 Å². The van der Waals surface area contributed by atoms with Crippen molar-refractivity contribution in [2.45, 2.75) is 310 Å². The number of benzene rings is 4. The second-order valence-corrected chi connectivity index (χ2v) is 32.4. The Labute approximate surface area is 629 Å². The van der Waals surface area contributed by atoms with Crippen LogP contribution < -0.4 is 0 Å². The van der Waals surface area contributed by atoms with Gasteiger partial charge in [0, 0.05) is 0 Å². The number of rotatable bonds is 30. The van der Waals surface area contributed by atoms with Gasteiger partial charge < -0.3 is 0 Å². The third-order valence-corrected chi connectivity index (χ3v) is 25.2. The van der Waals surface area contributed by atoms with Gasteiger partial charge in [-0.15, -0.1) is 0 Å². The molecule has 0 radical (unpaired) electrons. The van der Waals surface area contributed by atoms with E-state index in [1.165, 1.54) is 263 Å². The fourth-order valence-corrected chi connectivity index (χ4v) is 18.9. The lowest BCUT2D eigenvalue weighted by Gasteiger charge is -2.38. The van der Waals surface area contributed by atoms with Crippen molar-refractivity contribution in [3.63, 3.8) is 0 Å². The minimum absolute atomic E-state index is 0.283. The average Bonchev–Trinajstić information content (AvgIpc) is 0.867. The van der Waals surface area contributed by atoms with Crippen molar-refractivity contribution in [1.82, 2.24) is 0 Å². The molecule has 0 saturated heterocycles. The van der Waals surface area contributed by atoms with Crippen molar-refractivity contribution in [1.29, 1.82) is 0 Å². The first-order valence-electron chi connectivity index (χ1n) is 40.4. The molecule has 0 heterocycles. The number of hydrogen-bond donors (Lipinski definition) is 0. The molecule has 0 spiro atoms. The smallest absolute Gasteiger partial charge is 0.152 e. The van der Waals surface area contributed by atoms with Gasteiger partial charge in [-0.3, -0.25) is 0 Å². The molecule has 4 aromatic carbocycles. The largest absolute Gasteiger partial charge is 0.205 e. The predicted molar refractivity (Wildman–Crippen MR) is 428 cm³/mol. The zero-order chi connectivity index (χ0) is 72.0. The number of aliphatic imine (C=N–C) groups is 4. The van der Waals surface area contributed by atoms with Gasteiger partial charge in [0.2, 0.25) is 0 Å². The summed E-state index contributed by atoms with van der Waals surface area (Å²) in [4.78, 5) is 14.7. The summed E-state index contributed by atoms with van der Waals surface area (Å²) in [6.45, 7) is 9.14. The molecule has 554 valence electrons. The summed E-state index contributed by atoms with van der Waals surface area (Å²) >= 11 is 18.0. The van der Waals surface area contributed by atoms with E-state index in [0.717, 1.165) is 114 Å². The van der Waals surface area contributed by atoms with Crippen LogP contribution in [0.4, 0.5) is 44.7 Å². The second-order valence-electron chi connectivity index (χ2n) is 31.7. The normalized spacial score (nSPS) is 24.9. The number of halogens is 5. The molecule has 6 fully saturated rings. The SMILES string of the molecule is CCCC1CCC(C2CCC(CCc3ccc(N=C=S)c(F)c3)CC2)CC1.CCCC1CCC(CCc2cc(F)c(N=C=S)c(F)c2)CC1.CCCCCC1CCC(C2CCC(CCc3ccc(N=C=S)c(F)c3)CC2)CC1.CCCCCC1CCC(CCc2ccc(N=C=S)c(F)c2)CC1. The van der Waals surface area contributed by atoms with E-state index >= 15 is 0 Å². The van der Waals surface area contributed by atoms with Crippen molar-refractivity contribution in [3.05, 3.63) is 118 Å². The van der Waals surface area contributed by atoms with Crippen LogP contribution in [0.3, 0.4) is 0 Å². The summed E-state index contributed by atoms with van der Waals surface area (Å²) in [7, 11) is 0. The summed E-state index contributed by atoms with van der Waals surface area (Å²) in [6, 6.07) is 18.7. The van der Waals surface area contributed by atoms with Gasteiger partial charge in [0.15, 0.2) is 11.6 Å².